The molecule has 5 heteroatoms. The number of hydrogen-bond acceptors (Lipinski definition) is 4. The van der Waals surface area contributed by atoms with Crippen LogP contribution >= 0.6 is 11.8 Å². The first-order chi connectivity index (χ1) is 13.0. The van der Waals surface area contributed by atoms with Gasteiger partial charge in [-0.3, -0.25) is 9.59 Å². The normalized spacial score (nSPS) is 11.4. The summed E-state index contributed by atoms with van der Waals surface area (Å²) in [6.07, 6.45) is 4.17. The fourth-order valence-corrected chi connectivity index (χ4v) is 3.83. The average molecular weight is 386 g/mol. The van der Waals surface area contributed by atoms with Gasteiger partial charge in [0.15, 0.2) is 0 Å². The van der Waals surface area contributed by atoms with Crippen LogP contribution in [0.3, 0.4) is 0 Å². The lowest BCUT2D eigenvalue weighted by atomic mass is 9.96. The van der Waals surface area contributed by atoms with Crippen LogP contribution in [0.5, 0.6) is 0 Å². The van der Waals surface area contributed by atoms with Crippen molar-refractivity contribution in [3.63, 3.8) is 0 Å². The van der Waals surface area contributed by atoms with E-state index in [1.807, 2.05) is 6.92 Å². The highest BCUT2D eigenvalue weighted by atomic mass is 32.2. The molecule has 0 unspecified atom stereocenters. The van der Waals surface area contributed by atoms with E-state index in [2.05, 4.69) is 52.5 Å². The van der Waals surface area contributed by atoms with Gasteiger partial charge in [-0.05, 0) is 59.6 Å². The Hall–Kier alpha value is -2.27. The van der Waals surface area contributed by atoms with E-state index < -0.39 is 0 Å². The third-order valence-electron chi connectivity index (χ3n) is 4.34. The van der Waals surface area contributed by atoms with Gasteiger partial charge in [0.1, 0.15) is 0 Å². The summed E-state index contributed by atoms with van der Waals surface area (Å²) in [5, 5.41) is 5.28. The Morgan fingerprint density at radius 1 is 1.19 bits per heavy atom. The Morgan fingerprint density at radius 3 is 2.70 bits per heavy atom. The van der Waals surface area contributed by atoms with Crippen molar-refractivity contribution in [2.45, 2.75) is 38.0 Å². The van der Waals surface area contributed by atoms with Crippen molar-refractivity contribution in [3.05, 3.63) is 48.0 Å². The number of nitrogens with one attached hydrogen (secondary N) is 1. The second kappa shape index (κ2) is 10.8. The highest BCUT2D eigenvalue weighted by molar-refractivity contribution is 7.99. The summed E-state index contributed by atoms with van der Waals surface area (Å²) < 4.78 is 4.68. The SMILES string of the molecule is CC=C(CCNC(C)=O)c1cccc2ccc(SCCCC(=O)OC)cc12. The predicted molar refractivity (Wildman–Crippen MR) is 113 cm³/mol. The fourth-order valence-electron chi connectivity index (χ4n) is 2.94. The van der Waals surface area contributed by atoms with E-state index >= 15 is 0 Å². The van der Waals surface area contributed by atoms with E-state index in [9.17, 15) is 9.59 Å². The first-order valence-electron chi connectivity index (χ1n) is 9.17. The summed E-state index contributed by atoms with van der Waals surface area (Å²) in [6, 6.07) is 12.8. The topological polar surface area (TPSA) is 55.4 Å². The van der Waals surface area contributed by atoms with Gasteiger partial charge in [0.25, 0.3) is 0 Å². The van der Waals surface area contributed by atoms with E-state index in [0.29, 0.717) is 13.0 Å². The maximum Gasteiger partial charge on any atom is 0.305 e. The molecule has 0 aromatic heterocycles. The van der Waals surface area contributed by atoms with Gasteiger partial charge in [-0.1, -0.05) is 30.3 Å². The standard InChI is InChI=1S/C22H27NO3S/c1-4-17(12-13-23-16(2)24)20-8-5-7-18-10-11-19(15-21(18)20)27-14-6-9-22(25)26-3/h4-5,7-8,10-11,15H,6,9,12-14H2,1-3H3,(H,23,24). The summed E-state index contributed by atoms with van der Waals surface area (Å²) in [7, 11) is 1.42. The molecule has 0 bridgehead atoms. The van der Waals surface area contributed by atoms with Crippen LogP contribution in [0.2, 0.25) is 0 Å². The lowest BCUT2D eigenvalue weighted by Crippen LogP contribution is -2.21. The van der Waals surface area contributed by atoms with Crippen LogP contribution in [0.15, 0.2) is 47.4 Å². The van der Waals surface area contributed by atoms with Crippen LogP contribution in [0.4, 0.5) is 0 Å². The average Bonchev–Trinajstić information content (AvgIpc) is 2.67. The van der Waals surface area contributed by atoms with Gasteiger partial charge in [0, 0.05) is 24.8 Å². The summed E-state index contributed by atoms with van der Waals surface area (Å²) in [4.78, 5) is 23.5. The quantitative estimate of drug-likeness (QED) is 0.382. The molecular weight excluding hydrogens is 358 g/mol. The number of rotatable bonds is 9. The molecule has 0 aliphatic carbocycles. The van der Waals surface area contributed by atoms with Gasteiger partial charge in [-0.15, -0.1) is 11.8 Å². The molecule has 0 saturated carbocycles. The molecule has 4 nitrogen and oxygen atoms in total. The highest BCUT2D eigenvalue weighted by Crippen LogP contribution is 2.31. The molecule has 27 heavy (non-hydrogen) atoms. The van der Waals surface area contributed by atoms with Crippen molar-refractivity contribution in [1.29, 1.82) is 0 Å². The monoisotopic (exact) mass is 385 g/mol. The summed E-state index contributed by atoms with van der Waals surface area (Å²) in [5.41, 5.74) is 2.43. The number of carbonyl (C=O) groups is 2. The van der Waals surface area contributed by atoms with Crippen molar-refractivity contribution < 1.29 is 14.3 Å². The van der Waals surface area contributed by atoms with Gasteiger partial charge in [0.2, 0.25) is 5.91 Å². The molecule has 144 valence electrons. The minimum atomic E-state index is -0.159. The Labute approximate surface area is 165 Å². The van der Waals surface area contributed by atoms with Crippen LogP contribution in [0, 0.1) is 0 Å². The van der Waals surface area contributed by atoms with Crippen LogP contribution in [0.25, 0.3) is 16.3 Å². The number of carbonyl (C=O) groups excluding carboxylic acids is 2. The lowest BCUT2D eigenvalue weighted by molar-refractivity contribution is -0.140. The van der Waals surface area contributed by atoms with Crippen molar-refractivity contribution >= 4 is 40.0 Å². The first kappa shape index (κ1) is 21.0. The Kier molecular flexibility index (Phi) is 8.40. The fraction of sp³-hybridized carbons (Fsp3) is 0.364. The number of amides is 1. The third kappa shape index (κ3) is 6.43. The van der Waals surface area contributed by atoms with Gasteiger partial charge < -0.3 is 10.1 Å². The number of methoxy groups -OCH3 is 1. The first-order valence-corrected chi connectivity index (χ1v) is 10.2. The molecule has 1 N–H and O–H groups in total. The summed E-state index contributed by atoms with van der Waals surface area (Å²) in [6.45, 7) is 4.21. The minimum absolute atomic E-state index is 0.00554. The second-order valence-corrected chi connectivity index (χ2v) is 7.43. The molecule has 0 radical (unpaired) electrons. The van der Waals surface area contributed by atoms with Gasteiger partial charge in [-0.2, -0.15) is 0 Å². The second-order valence-electron chi connectivity index (χ2n) is 6.26. The van der Waals surface area contributed by atoms with Crippen molar-refractivity contribution in [2.75, 3.05) is 19.4 Å². The number of esters is 1. The van der Waals surface area contributed by atoms with E-state index in [1.165, 1.54) is 40.8 Å². The number of thioether (sulfide) groups is 1. The number of fused-ring (bicyclic) bond motifs is 1. The maximum absolute atomic E-state index is 11.2. The maximum atomic E-state index is 11.2. The number of hydrogen-bond donors (Lipinski definition) is 1. The number of allylic oxidation sites excluding steroid dienone is 1. The Morgan fingerprint density at radius 2 is 2.00 bits per heavy atom. The van der Waals surface area contributed by atoms with E-state index in [4.69, 9.17) is 0 Å². The molecular formula is C22H27NO3S. The zero-order valence-corrected chi connectivity index (χ0v) is 17.0. The third-order valence-corrected chi connectivity index (χ3v) is 5.42. The molecule has 0 saturated heterocycles. The molecule has 2 aromatic rings. The van der Waals surface area contributed by atoms with Crippen LogP contribution in [-0.2, 0) is 14.3 Å². The molecule has 0 aliphatic heterocycles. The van der Waals surface area contributed by atoms with Crippen LogP contribution in [0.1, 0.15) is 38.7 Å². The molecule has 1 amide bonds. The molecule has 0 fully saturated rings. The summed E-state index contributed by atoms with van der Waals surface area (Å²) >= 11 is 1.75. The number of ether oxygens (including phenoxy) is 1. The number of benzene rings is 2. The molecule has 2 rings (SSSR count). The Balaban J connectivity index is 2.14. The minimum Gasteiger partial charge on any atom is -0.469 e. The molecule has 0 spiro atoms. The van der Waals surface area contributed by atoms with Crippen molar-refractivity contribution in [2.24, 2.45) is 0 Å². The largest absolute Gasteiger partial charge is 0.469 e. The van der Waals surface area contributed by atoms with E-state index in [-0.39, 0.29) is 11.9 Å². The van der Waals surface area contributed by atoms with Gasteiger partial charge in [-0.25, -0.2) is 0 Å². The predicted octanol–water partition coefficient (Wildman–Crippen LogP) is 4.81. The highest BCUT2D eigenvalue weighted by Gasteiger charge is 2.08. The van der Waals surface area contributed by atoms with Crippen molar-refractivity contribution in [1.82, 2.24) is 5.32 Å². The Bertz CT molecular complexity index is 829. The van der Waals surface area contributed by atoms with Gasteiger partial charge in [0.05, 0.1) is 7.11 Å². The summed E-state index contributed by atoms with van der Waals surface area (Å²) in [5.74, 6) is 0.712. The molecule has 0 heterocycles. The smallest absolute Gasteiger partial charge is 0.305 e. The molecule has 0 aliphatic rings. The lowest BCUT2D eigenvalue weighted by Gasteiger charge is -2.12. The van der Waals surface area contributed by atoms with Crippen LogP contribution < -0.4 is 5.32 Å². The van der Waals surface area contributed by atoms with Gasteiger partial charge >= 0.3 is 5.97 Å². The van der Waals surface area contributed by atoms with E-state index in [1.54, 1.807) is 11.8 Å². The molecule has 2 aromatic carbocycles. The zero-order chi connectivity index (χ0) is 19.6. The van der Waals surface area contributed by atoms with Crippen LogP contribution in [-0.4, -0.2) is 31.3 Å². The van der Waals surface area contributed by atoms with E-state index in [0.717, 1.165) is 18.6 Å². The zero-order valence-electron chi connectivity index (χ0n) is 16.2. The molecule has 0 atom stereocenters. The van der Waals surface area contributed by atoms with Crippen molar-refractivity contribution in [3.8, 4) is 0 Å².